The summed E-state index contributed by atoms with van der Waals surface area (Å²) in [5.41, 5.74) is 4.93. The monoisotopic (exact) mass is 398 g/mol. The van der Waals surface area contributed by atoms with Crippen molar-refractivity contribution in [3.05, 3.63) is 65.7 Å². The molecule has 0 unspecified atom stereocenters. The van der Waals surface area contributed by atoms with Crippen LogP contribution in [-0.2, 0) is 11.3 Å². The summed E-state index contributed by atoms with van der Waals surface area (Å²) in [4.78, 5) is 2.35. The van der Waals surface area contributed by atoms with Gasteiger partial charge in [0.15, 0.2) is 5.11 Å². The van der Waals surface area contributed by atoms with E-state index in [2.05, 4.69) is 20.7 Å². The highest BCUT2D eigenvalue weighted by atomic mass is 32.1. The summed E-state index contributed by atoms with van der Waals surface area (Å²) in [5.74, 6) is 0.805. The topological polar surface area (TPSA) is 58.1 Å². The van der Waals surface area contributed by atoms with Gasteiger partial charge in [-0.05, 0) is 35.5 Å². The fraction of sp³-hybridized carbons (Fsp3) is 0.333. The van der Waals surface area contributed by atoms with E-state index in [4.69, 9.17) is 21.7 Å². The summed E-state index contributed by atoms with van der Waals surface area (Å²) < 4.78 is 11.2. The quantitative estimate of drug-likeness (QED) is 0.405. The molecule has 2 aromatic rings. The van der Waals surface area contributed by atoms with Crippen molar-refractivity contribution in [1.82, 2.24) is 15.6 Å². The van der Waals surface area contributed by atoms with Crippen molar-refractivity contribution in [3.8, 4) is 5.75 Å². The molecule has 0 spiro atoms. The van der Waals surface area contributed by atoms with Crippen molar-refractivity contribution in [1.29, 1.82) is 0 Å². The maximum atomic E-state index is 5.84. The first-order valence-electron chi connectivity index (χ1n) is 9.43. The van der Waals surface area contributed by atoms with Gasteiger partial charge in [0, 0.05) is 26.2 Å². The van der Waals surface area contributed by atoms with Crippen molar-refractivity contribution in [2.45, 2.75) is 6.61 Å². The van der Waals surface area contributed by atoms with E-state index in [1.54, 1.807) is 6.21 Å². The van der Waals surface area contributed by atoms with E-state index in [-0.39, 0.29) is 0 Å². The molecule has 0 amide bonds. The molecule has 0 aromatic heterocycles. The molecule has 0 radical (unpaired) electrons. The summed E-state index contributed by atoms with van der Waals surface area (Å²) in [7, 11) is 0. The zero-order chi connectivity index (χ0) is 19.4. The first-order chi connectivity index (χ1) is 13.8. The van der Waals surface area contributed by atoms with Gasteiger partial charge in [-0.3, -0.25) is 10.3 Å². The Hall–Kier alpha value is -2.48. The fourth-order valence-electron chi connectivity index (χ4n) is 2.78. The molecule has 2 aromatic carbocycles. The average Bonchev–Trinajstić information content (AvgIpc) is 2.74. The lowest BCUT2D eigenvalue weighted by molar-refractivity contribution is 0.0389. The lowest BCUT2D eigenvalue weighted by atomic mass is 10.2. The van der Waals surface area contributed by atoms with Crippen LogP contribution in [-0.4, -0.2) is 55.6 Å². The standard InChI is InChI=1S/C21H26N4O2S/c28-21(22-9-10-25-11-13-26-14-12-25)24-23-16-19-7-4-8-20(15-19)27-17-18-5-2-1-3-6-18/h1-8,15-16H,9-14,17H2,(H2,22,24,28)/b23-16-. The number of hydrazone groups is 1. The van der Waals surface area contributed by atoms with Crippen LogP contribution < -0.4 is 15.5 Å². The van der Waals surface area contributed by atoms with E-state index in [9.17, 15) is 0 Å². The minimum Gasteiger partial charge on any atom is -0.489 e. The Balaban J connectivity index is 1.38. The normalized spacial score (nSPS) is 14.7. The number of hydrogen-bond donors (Lipinski definition) is 2. The molecule has 2 N–H and O–H groups in total. The van der Waals surface area contributed by atoms with Crippen LogP contribution in [0.15, 0.2) is 59.7 Å². The van der Waals surface area contributed by atoms with Crippen LogP contribution in [0, 0.1) is 0 Å². The molecule has 28 heavy (non-hydrogen) atoms. The molecule has 1 heterocycles. The number of morpholine rings is 1. The van der Waals surface area contributed by atoms with Gasteiger partial charge in [-0.1, -0.05) is 42.5 Å². The first kappa shape index (κ1) is 20.3. The van der Waals surface area contributed by atoms with Crippen LogP contribution in [0.2, 0.25) is 0 Å². The summed E-state index contributed by atoms with van der Waals surface area (Å²) >= 11 is 5.25. The highest BCUT2D eigenvalue weighted by Gasteiger charge is 2.09. The van der Waals surface area contributed by atoms with Crippen molar-refractivity contribution in [2.24, 2.45) is 5.10 Å². The van der Waals surface area contributed by atoms with E-state index >= 15 is 0 Å². The smallest absolute Gasteiger partial charge is 0.187 e. The number of ether oxygens (including phenoxy) is 2. The SMILES string of the molecule is S=C(NCCN1CCOCC1)N/N=C\c1cccc(OCc2ccccc2)c1. The Labute approximate surface area is 171 Å². The zero-order valence-corrected chi connectivity index (χ0v) is 16.7. The van der Waals surface area contributed by atoms with Gasteiger partial charge in [0.1, 0.15) is 12.4 Å². The number of rotatable bonds is 8. The van der Waals surface area contributed by atoms with Gasteiger partial charge in [-0.15, -0.1) is 0 Å². The lowest BCUT2D eigenvalue weighted by Crippen LogP contribution is -2.42. The second kappa shape index (κ2) is 11.4. The lowest BCUT2D eigenvalue weighted by Gasteiger charge is -2.26. The third kappa shape index (κ3) is 7.26. The van der Waals surface area contributed by atoms with E-state index < -0.39 is 0 Å². The van der Waals surface area contributed by atoms with Crippen LogP contribution in [0.5, 0.6) is 5.75 Å². The van der Waals surface area contributed by atoms with Gasteiger partial charge in [0.2, 0.25) is 0 Å². The van der Waals surface area contributed by atoms with Crippen molar-refractivity contribution >= 4 is 23.5 Å². The van der Waals surface area contributed by atoms with E-state index in [1.807, 2.05) is 54.6 Å². The van der Waals surface area contributed by atoms with E-state index in [1.165, 1.54) is 0 Å². The molecule has 1 fully saturated rings. The third-order valence-corrected chi connectivity index (χ3v) is 4.54. The van der Waals surface area contributed by atoms with Gasteiger partial charge >= 0.3 is 0 Å². The molecule has 3 rings (SSSR count). The number of thiocarbonyl (C=S) groups is 1. The molecular formula is C21H26N4O2S. The molecular weight excluding hydrogens is 372 g/mol. The number of nitrogens with zero attached hydrogens (tertiary/aromatic N) is 2. The van der Waals surface area contributed by atoms with E-state index in [0.29, 0.717) is 11.7 Å². The Bertz CT molecular complexity index is 764. The zero-order valence-electron chi connectivity index (χ0n) is 15.8. The Morgan fingerprint density at radius 3 is 2.79 bits per heavy atom. The molecule has 1 saturated heterocycles. The molecule has 0 aliphatic carbocycles. The van der Waals surface area contributed by atoms with Crippen LogP contribution in [0.25, 0.3) is 0 Å². The second-order valence-electron chi connectivity index (χ2n) is 6.43. The van der Waals surface area contributed by atoms with Crippen LogP contribution >= 0.6 is 12.2 Å². The first-order valence-corrected chi connectivity index (χ1v) is 9.84. The summed E-state index contributed by atoms with van der Waals surface area (Å²) in [6.07, 6.45) is 1.73. The molecule has 0 bridgehead atoms. The maximum absolute atomic E-state index is 5.84. The van der Waals surface area contributed by atoms with Gasteiger partial charge < -0.3 is 14.8 Å². The molecule has 0 atom stereocenters. The predicted molar refractivity (Wildman–Crippen MR) is 116 cm³/mol. The largest absolute Gasteiger partial charge is 0.489 e. The highest BCUT2D eigenvalue weighted by molar-refractivity contribution is 7.80. The molecule has 6 nitrogen and oxygen atoms in total. The average molecular weight is 399 g/mol. The fourth-order valence-corrected chi connectivity index (χ4v) is 2.94. The Morgan fingerprint density at radius 1 is 1.14 bits per heavy atom. The second-order valence-corrected chi connectivity index (χ2v) is 6.83. The molecule has 148 valence electrons. The van der Waals surface area contributed by atoms with Crippen LogP contribution in [0.4, 0.5) is 0 Å². The minimum absolute atomic E-state index is 0.515. The van der Waals surface area contributed by atoms with Crippen LogP contribution in [0.3, 0.4) is 0 Å². The van der Waals surface area contributed by atoms with Crippen molar-refractivity contribution in [3.63, 3.8) is 0 Å². The number of nitrogens with one attached hydrogen (secondary N) is 2. The summed E-state index contributed by atoms with van der Waals surface area (Å²) in [5, 5.41) is 7.88. The number of hydrogen-bond acceptors (Lipinski definition) is 5. The summed E-state index contributed by atoms with van der Waals surface area (Å²) in [6.45, 7) is 5.82. The molecule has 7 heteroatoms. The minimum atomic E-state index is 0.515. The molecule has 1 aliphatic heterocycles. The van der Waals surface area contributed by atoms with Crippen molar-refractivity contribution in [2.75, 3.05) is 39.4 Å². The highest BCUT2D eigenvalue weighted by Crippen LogP contribution is 2.14. The van der Waals surface area contributed by atoms with Gasteiger partial charge in [-0.25, -0.2) is 0 Å². The van der Waals surface area contributed by atoms with Crippen LogP contribution in [0.1, 0.15) is 11.1 Å². The van der Waals surface area contributed by atoms with Gasteiger partial charge in [0.05, 0.1) is 19.4 Å². The maximum Gasteiger partial charge on any atom is 0.187 e. The van der Waals surface area contributed by atoms with E-state index in [0.717, 1.165) is 56.3 Å². The predicted octanol–water partition coefficient (Wildman–Crippen LogP) is 2.40. The Kier molecular flexibility index (Phi) is 8.24. The number of benzene rings is 2. The molecule has 1 aliphatic rings. The van der Waals surface area contributed by atoms with Crippen molar-refractivity contribution < 1.29 is 9.47 Å². The third-order valence-electron chi connectivity index (χ3n) is 4.30. The molecule has 0 saturated carbocycles. The van der Waals surface area contributed by atoms with Gasteiger partial charge in [-0.2, -0.15) is 5.10 Å². The Morgan fingerprint density at radius 2 is 1.96 bits per heavy atom. The summed E-state index contributed by atoms with van der Waals surface area (Å²) in [6, 6.07) is 17.9. The van der Waals surface area contributed by atoms with Gasteiger partial charge in [0.25, 0.3) is 0 Å².